The molecule has 0 radical (unpaired) electrons. The van der Waals surface area contributed by atoms with Crippen LogP contribution in [0.2, 0.25) is 0 Å². The van der Waals surface area contributed by atoms with Crippen molar-refractivity contribution >= 4 is 11.7 Å². The lowest BCUT2D eigenvalue weighted by atomic mass is 9.96. The molecule has 1 aromatic rings. The Morgan fingerprint density at radius 1 is 1.17 bits per heavy atom. The Morgan fingerprint density at radius 3 is 2.58 bits per heavy atom. The summed E-state index contributed by atoms with van der Waals surface area (Å²) in [7, 11) is 0. The zero-order chi connectivity index (χ0) is 16.4. The van der Waals surface area contributed by atoms with Gasteiger partial charge in [0.2, 0.25) is 5.91 Å². The molecule has 2 aliphatic heterocycles. The van der Waals surface area contributed by atoms with Gasteiger partial charge in [0, 0.05) is 50.9 Å². The number of carbonyl (C=O) groups is 1. The molecule has 1 aromatic heterocycles. The summed E-state index contributed by atoms with van der Waals surface area (Å²) in [6.07, 6.45) is 10.3. The predicted molar refractivity (Wildman–Crippen MR) is 92.7 cm³/mol. The van der Waals surface area contributed by atoms with Gasteiger partial charge in [-0.1, -0.05) is 0 Å². The first-order valence-corrected chi connectivity index (χ1v) is 9.33. The van der Waals surface area contributed by atoms with Crippen LogP contribution in [0.4, 0.5) is 5.82 Å². The van der Waals surface area contributed by atoms with Crippen molar-refractivity contribution in [2.45, 2.75) is 50.6 Å². The molecule has 1 unspecified atom stereocenters. The summed E-state index contributed by atoms with van der Waals surface area (Å²) in [6.45, 7) is 4.30. The van der Waals surface area contributed by atoms with Gasteiger partial charge in [0.25, 0.3) is 0 Å². The molecule has 3 fully saturated rings. The minimum absolute atomic E-state index is 0.217. The van der Waals surface area contributed by atoms with Gasteiger partial charge < -0.3 is 15.1 Å². The van der Waals surface area contributed by atoms with Crippen LogP contribution in [0.3, 0.4) is 0 Å². The molecule has 0 spiro atoms. The number of carbonyl (C=O) groups excluding carboxylic acids is 1. The van der Waals surface area contributed by atoms with E-state index in [1.54, 1.807) is 6.33 Å². The molecule has 1 aliphatic carbocycles. The molecule has 6 heteroatoms. The van der Waals surface area contributed by atoms with Crippen molar-refractivity contribution in [1.82, 2.24) is 20.2 Å². The Balaban J connectivity index is 1.31. The highest BCUT2D eigenvalue weighted by Crippen LogP contribution is 2.35. The predicted octanol–water partition coefficient (Wildman–Crippen LogP) is 1.44. The number of likely N-dealkylation sites (tertiary alicyclic amines) is 1. The fourth-order valence-corrected chi connectivity index (χ4v) is 4.15. The quantitative estimate of drug-likeness (QED) is 0.886. The number of aromatic nitrogens is 2. The van der Waals surface area contributed by atoms with Crippen molar-refractivity contribution in [3.8, 4) is 0 Å². The van der Waals surface area contributed by atoms with Crippen LogP contribution < -0.4 is 10.2 Å². The molecule has 1 saturated carbocycles. The van der Waals surface area contributed by atoms with E-state index in [1.165, 1.54) is 25.7 Å². The van der Waals surface area contributed by atoms with Gasteiger partial charge in [-0.3, -0.25) is 4.79 Å². The third-order valence-corrected chi connectivity index (χ3v) is 5.61. The van der Waals surface area contributed by atoms with Gasteiger partial charge in [-0.15, -0.1) is 0 Å². The molecular formula is C18H27N5O. The lowest BCUT2D eigenvalue weighted by molar-refractivity contribution is -0.123. The Labute approximate surface area is 143 Å². The van der Waals surface area contributed by atoms with Crippen LogP contribution in [0.1, 0.15) is 38.5 Å². The van der Waals surface area contributed by atoms with Gasteiger partial charge in [0.15, 0.2) is 0 Å². The maximum absolute atomic E-state index is 11.3. The first-order chi connectivity index (χ1) is 11.8. The van der Waals surface area contributed by atoms with E-state index in [-0.39, 0.29) is 5.91 Å². The molecule has 0 bridgehead atoms. The summed E-state index contributed by atoms with van der Waals surface area (Å²) in [4.78, 5) is 25.0. The number of anilines is 1. The second-order valence-electron chi connectivity index (χ2n) is 7.45. The molecule has 1 N–H and O–H groups in total. The van der Waals surface area contributed by atoms with Gasteiger partial charge in [-0.2, -0.15) is 0 Å². The first-order valence-electron chi connectivity index (χ1n) is 9.33. The molecule has 130 valence electrons. The van der Waals surface area contributed by atoms with Gasteiger partial charge in [0.05, 0.1) is 0 Å². The first kappa shape index (κ1) is 15.8. The molecule has 3 heterocycles. The molecule has 1 atom stereocenters. The molecular weight excluding hydrogens is 302 g/mol. The van der Waals surface area contributed by atoms with Crippen molar-refractivity contribution < 1.29 is 4.79 Å². The van der Waals surface area contributed by atoms with Crippen LogP contribution in [0, 0.1) is 5.92 Å². The van der Waals surface area contributed by atoms with Gasteiger partial charge in [-0.05, 0) is 44.1 Å². The summed E-state index contributed by atoms with van der Waals surface area (Å²) in [5.41, 5.74) is 0. The number of nitrogens with zero attached hydrogens (tertiary/aromatic N) is 4. The summed E-state index contributed by atoms with van der Waals surface area (Å²) < 4.78 is 0. The van der Waals surface area contributed by atoms with E-state index in [0.717, 1.165) is 38.4 Å². The zero-order valence-corrected chi connectivity index (χ0v) is 14.2. The standard InChI is InChI=1S/C18H27N5O/c24-18-4-1-14(11-20-18)12-22-9-6-16(7-10-22)23(15-2-3-15)17-5-8-19-13-21-17/h5,8,13-16H,1-4,6-7,9-12H2,(H,20,24). The summed E-state index contributed by atoms with van der Waals surface area (Å²) in [6, 6.07) is 3.34. The second-order valence-corrected chi connectivity index (χ2v) is 7.45. The molecule has 2 saturated heterocycles. The lowest BCUT2D eigenvalue weighted by Gasteiger charge is -2.40. The van der Waals surface area contributed by atoms with E-state index in [0.29, 0.717) is 24.4 Å². The van der Waals surface area contributed by atoms with Crippen molar-refractivity contribution in [2.75, 3.05) is 31.1 Å². The minimum atomic E-state index is 0.217. The van der Waals surface area contributed by atoms with Crippen LogP contribution in [0.5, 0.6) is 0 Å². The molecule has 24 heavy (non-hydrogen) atoms. The number of piperidine rings is 2. The summed E-state index contributed by atoms with van der Waals surface area (Å²) in [5.74, 6) is 1.94. The molecule has 6 nitrogen and oxygen atoms in total. The van der Waals surface area contributed by atoms with E-state index < -0.39 is 0 Å². The highest BCUT2D eigenvalue weighted by Gasteiger charge is 2.36. The number of rotatable bonds is 5. The largest absolute Gasteiger partial charge is 0.356 e. The molecule has 4 rings (SSSR count). The highest BCUT2D eigenvalue weighted by atomic mass is 16.1. The van der Waals surface area contributed by atoms with Crippen LogP contribution in [0.25, 0.3) is 0 Å². The molecule has 3 aliphatic rings. The van der Waals surface area contributed by atoms with Crippen molar-refractivity contribution in [2.24, 2.45) is 5.92 Å². The van der Waals surface area contributed by atoms with E-state index in [9.17, 15) is 4.79 Å². The third kappa shape index (κ3) is 3.69. The third-order valence-electron chi connectivity index (χ3n) is 5.61. The topological polar surface area (TPSA) is 61.4 Å². The number of nitrogens with one attached hydrogen (secondary N) is 1. The van der Waals surface area contributed by atoms with E-state index in [1.807, 2.05) is 6.20 Å². The van der Waals surface area contributed by atoms with Crippen molar-refractivity contribution in [3.63, 3.8) is 0 Å². The molecule has 0 aromatic carbocycles. The second kappa shape index (κ2) is 7.05. The van der Waals surface area contributed by atoms with E-state index in [4.69, 9.17) is 0 Å². The van der Waals surface area contributed by atoms with Gasteiger partial charge >= 0.3 is 0 Å². The lowest BCUT2D eigenvalue weighted by Crippen LogP contribution is -2.48. The summed E-state index contributed by atoms with van der Waals surface area (Å²) >= 11 is 0. The van der Waals surface area contributed by atoms with Crippen LogP contribution in [-0.4, -0.2) is 59.0 Å². The Bertz CT molecular complexity index is 544. The van der Waals surface area contributed by atoms with E-state index in [2.05, 4.69) is 31.2 Å². The van der Waals surface area contributed by atoms with Crippen molar-refractivity contribution in [3.05, 3.63) is 18.6 Å². The Hall–Kier alpha value is -1.69. The average Bonchev–Trinajstić information content (AvgIpc) is 3.45. The Morgan fingerprint density at radius 2 is 1.96 bits per heavy atom. The van der Waals surface area contributed by atoms with Gasteiger partial charge in [-0.25, -0.2) is 9.97 Å². The zero-order valence-electron chi connectivity index (χ0n) is 14.2. The monoisotopic (exact) mass is 329 g/mol. The van der Waals surface area contributed by atoms with Crippen molar-refractivity contribution in [1.29, 1.82) is 0 Å². The van der Waals surface area contributed by atoms with Crippen LogP contribution in [-0.2, 0) is 4.79 Å². The fourth-order valence-electron chi connectivity index (χ4n) is 4.15. The van der Waals surface area contributed by atoms with Crippen LogP contribution in [0.15, 0.2) is 18.6 Å². The maximum atomic E-state index is 11.3. The summed E-state index contributed by atoms with van der Waals surface area (Å²) in [5, 5.41) is 3.01. The maximum Gasteiger partial charge on any atom is 0.220 e. The SMILES string of the molecule is O=C1CCC(CN2CCC(N(c3ccncn3)C3CC3)CC2)CN1. The Kier molecular flexibility index (Phi) is 4.65. The average molecular weight is 329 g/mol. The number of amides is 1. The number of hydrogen-bond acceptors (Lipinski definition) is 5. The smallest absolute Gasteiger partial charge is 0.220 e. The minimum Gasteiger partial charge on any atom is -0.356 e. The normalized spacial score (nSPS) is 26.2. The highest BCUT2D eigenvalue weighted by molar-refractivity contribution is 5.76. The van der Waals surface area contributed by atoms with E-state index >= 15 is 0 Å². The van der Waals surface area contributed by atoms with Gasteiger partial charge in [0.1, 0.15) is 12.1 Å². The fraction of sp³-hybridized carbons (Fsp3) is 0.722. The number of hydrogen-bond donors (Lipinski definition) is 1. The molecule has 1 amide bonds. The van der Waals surface area contributed by atoms with Crippen LogP contribution >= 0.6 is 0 Å².